The third kappa shape index (κ3) is 3.78. The Hall–Kier alpha value is -2.54. The first-order chi connectivity index (χ1) is 13.0. The number of rotatable bonds is 3. The largest absolute Gasteiger partial charge is 0.347 e. The van der Waals surface area contributed by atoms with Gasteiger partial charge in [-0.25, -0.2) is 13.8 Å². The average molecular weight is 387 g/mol. The van der Waals surface area contributed by atoms with Crippen LogP contribution in [0.1, 0.15) is 18.4 Å². The molecule has 4 nitrogen and oxygen atoms in total. The van der Waals surface area contributed by atoms with Gasteiger partial charge in [0, 0.05) is 24.8 Å². The number of carbonyl (C=O) groups excluding carboxylic acids is 1. The van der Waals surface area contributed by atoms with Crippen molar-refractivity contribution in [3.63, 3.8) is 0 Å². The van der Waals surface area contributed by atoms with Gasteiger partial charge in [0.2, 0.25) is 5.91 Å². The van der Waals surface area contributed by atoms with E-state index in [1.54, 1.807) is 11.3 Å². The minimum atomic E-state index is -0.970. The van der Waals surface area contributed by atoms with E-state index >= 15 is 0 Å². The van der Waals surface area contributed by atoms with Gasteiger partial charge in [-0.3, -0.25) is 4.79 Å². The molecular formula is C20H19F2N3OS. The maximum absolute atomic E-state index is 13.3. The normalized spacial score (nSPS) is 17.3. The van der Waals surface area contributed by atoms with Crippen molar-refractivity contribution >= 4 is 38.3 Å². The first kappa shape index (κ1) is 17.9. The molecule has 1 amide bonds. The molecule has 1 aliphatic rings. The predicted molar refractivity (Wildman–Crippen MR) is 104 cm³/mol. The average Bonchev–Trinajstić information content (AvgIpc) is 3.08. The summed E-state index contributed by atoms with van der Waals surface area (Å²) in [6.45, 7) is 3.47. The van der Waals surface area contributed by atoms with Crippen molar-refractivity contribution in [3.05, 3.63) is 53.6 Å². The smallest absolute Gasteiger partial charge is 0.229 e. The van der Waals surface area contributed by atoms with Crippen molar-refractivity contribution in [2.45, 2.75) is 19.8 Å². The third-order valence-corrected chi connectivity index (χ3v) is 5.86. The molecule has 0 radical (unpaired) electrons. The number of halogens is 2. The van der Waals surface area contributed by atoms with E-state index in [1.807, 2.05) is 12.1 Å². The Balaban J connectivity index is 1.48. The van der Waals surface area contributed by atoms with Crippen molar-refractivity contribution in [2.75, 3.05) is 23.3 Å². The van der Waals surface area contributed by atoms with E-state index < -0.39 is 11.6 Å². The standard InChI is InChI=1S/C20H19F2N3OS/c1-12-4-7-17-18(9-12)27-20(24-17)25-8-2-3-13(11-25)19(26)23-14-5-6-15(21)16(22)10-14/h4-7,9-10,13H,2-3,8,11H2,1H3,(H,23,26). The summed E-state index contributed by atoms with van der Waals surface area (Å²) in [7, 11) is 0. The Kier molecular flexibility index (Phi) is 4.78. The molecule has 3 aromatic rings. The van der Waals surface area contributed by atoms with Gasteiger partial charge < -0.3 is 10.2 Å². The summed E-state index contributed by atoms with van der Waals surface area (Å²) in [5, 5.41) is 3.61. The summed E-state index contributed by atoms with van der Waals surface area (Å²) in [5.41, 5.74) is 2.43. The number of nitrogens with one attached hydrogen (secondary N) is 1. The van der Waals surface area contributed by atoms with Crippen molar-refractivity contribution in [3.8, 4) is 0 Å². The number of thiazole rings is 1. The van der Waals surface area contributed by atoms with Crippen LogP contribution in [0.25, 0.3) is 10.2 Å². The van der Waals surface area contributed by atoms with Crippen molar-refractivity contribution in [1.82, 2.24) is 4.98 Å². The van der Waals surface area contributed by atoms with Gasteiger partial charge in [-0.2, -0.15) is 0 Å². The van der Waals surface area contributed by atoms with Gasteiger partial charge >= 0.3 is 0 Å². The molecule has 0 bridgehead atoms. The van der Waals surface area contributed by atoms with E-state index in [9.17, 15) is 13.6 Å². The molecule has 0 saturated carbocycles. The van der Waals surface area contributed by atoms with Gasteiger partial charge in [0.05, 0.1) is 16.1 Å². The van der Waals surface area contributed by atoms with Crippen molar-refractivity contribution in [1.29, 1.82) is 0 Å². The first-order valence-electron chi connectivity index (χ1n) is 8.87. The zero-order valence-electron chi connectivity index (χ0n) is 14.8. The fourth-order valence-electron chi connectivity index (χ4n) is 3.34. The highest BCUT2D eigenvalue weighted by Crippen LogP contribution is 2.32. The highest BCUT2D eigenvalue weighted by atomic mass is 32.1. The molecule has 7 heteroatoms. The highest BCUT2D eigenvalue weighted by Gasteiger charge is 2.27. The van der Waals surface area contributed by atoms with Crippen LogP contribution in [0.2, 0.25) is 0 Å². The molecule has 0 spiro atoms. The van der Waals surface area contributed by atoms with Crippen LogP contribution in [-0.2, 0) is 4.79 Å². The lowest BCUT2D eigenvalue weighted by Crippen LogP contribution is -2.40. The number of piperidine rings is 1. The molecule has 1 aliphatic heterocycles. The summed E-state index contributed by atoms with van der Waals surface area (Å²) in [5.74, 6) is -2.30. The number of benzene rings is 2. The molecule has 1 fully saturated rings. The second-order valence-corrected chi connectivity index (χ2v) is 7.88. The third-order valence-electron chi connectivity index (χ3n) is 4.78. The Morgan fingerprint density at radius 2 is 2.07 bits per heavy atom. The van der Waals surface area contributed by atoms with Crippen LogP contribution in [0.4, 0.5) is 19.6 Å². The Bertz CT molecular complexity index is 1000. The van der Waals surface area contributed by atoms with E-state index in [2.05, 4.69) is 23.2 Å². The molecule has 1 atom stereocenters. The second-order valence-electron chi connectivity index (χ2n) is 6.87. The second kappa shape index (κ2) is 7.23. The first-order valence-corrected chi connectivity index (χ1v) is 9.69. The predicted octanol–water partition coefficient (Wildman–Crippen LogP) is 4.74. The van der Waals surface area contributed by atoms with Crippen LogP contribution in [0.5, 0.6) is 0 Å². The fraction of sp³-hybridized carbons (Fsp3) is 0.300. The van der Waals surface area contributed by atoms with Gasteiger partial charge in [-0.15, -0.1) is 0 Å². The number of carbonyl (C=O) groups is 1. The van der Waals surface area contributed by atoms with Crippen LogP contribution >= 0.6 is 11.3 Å². The molecular weight excluding hydrogens is 368 g/mol. The molecule has 140 valence electrons. The lowest BCUT2D eigenvalue weighted by molar-refractivity contribution is -0.120. The maximum Gasteiger partial charge on any atom is 0.229 e. The number of amides is 1. The zero-order chi connectivity index (χ0) is 19.0. The van der Waals surface area contributed by atoms with Crippen LogP contribution in [0, 0.1) is 24.5 Å². The van der Waals surface area contributed by atoms with Crippen LogP contribution in [0.15, 0.2) is 36.4 Å². The molecule has 1 N–H and O–H groups in total. The fourth-order valence-corrected chi connectivity index (χ4v) is 4.44. The van der Waals surface area contributed by atoms with Crippen LogP contribution < -0.4 is 10.2 Å². The Morgan fingerprint density at radius 1 is 1.22 bits per heavy atom. The van der Waals surface area contributed by atoms with Crippen LogP contribution in [0.3, 0.4) is 0 Å². The van der Waals surface area contributed by atoms with Gasteiger partial charge in [0.1, 0.15) is 0 Å². The summed E-state index contributed by atoms with van der Waals surface area (Å²) in [6.07, 6.45) is 1.64. The number of nitrogens with zero attached hydrogens (tertiary/aromatic N) is 2. The number of anilines is 2. The van der Waals surface area contributed by atoms with Gasteiger partial charge in [0.15, 0.2) is 16.8 Å². The number of fused-ring (bicyclic) bond motifs is 1. The zero-order valence-corrected chi connectivity index (χ0v) is 15.7. The quantitative estimate of drug-likeness (QED) is 0.706. The number of aryl methyl sites for hydroxylation is 1. The molecule has 1 saturated heterocycles. The summed E-state index contributed by atoms with van der Waals surface area (Å²) in [4.78, 5) is 19.4. The summed E-state index contributed by atoms with van der Waals surface area (Å²) >= 11 is 1.63. The van der Waals surface area contributed by atoms with Gasteiger partial charge in [0.25, 0.3) is 0 Å². The van der Waals surface area contributed by atoms with E-state index in [0.29, 0.717) is 6.54 Å². The minimum absolute atomic E-state index is 0.178. The Labute approximate surface area is 159 Å². The van der Waals surface area contributed by atoms with Gasteiger partial charge in [-0.05, 0) is 49.6 Å². The van der Waals surface area contributed by atoms with Crippen molar-refractivity contribution < 1.29 is 13.6 Å². The molecule has 1 unspecified atom stereocenters. The van der Waals surface area contributed by atoms with Gasteiger partial charge in [-0.1, -0.05) is 17.4 Å². The minimum Gasteiger partial charge on any atom is -0.347 e. The van der Waals surface area contributed by atoms with E-state index in [4.69, 9.17) is 4.98 Å². The van der Waals surface area contributed by atoms with Crippen molar-refractivity contribution in [2.24, 2.45) is 5.92 Å². The SMILES string of the molecule is Cc1ccc2nc(N3CCCC(C(=O)Nc4ccc(F)c(F)c4)C3)sc2c1. The Morgan fingerprint density at radius 3 is 2.89 bits per heavy atom. The van der Waals surface area contributed by atoms with Crippen LogP contribution in [-0.4, -0.2) is 24.0 Å². The highest BCUT2D eigenvalue weighted by molar-refractivity contribution is 7.22. The van der Waals surface area contributed by atoms with E-state index in [0.717, 1.165) is 46.9 Å². The molecule has 4 rings (SSSR count). The summed E-state index contributed by atoms with van der Waals surface area (Å²) in [6, 6.07) is 9.56. The molecule has 27 heavy (non-hydrogen) atoms. The number of aromatic nitrogens is 1. The molecule has 1 aromatic heterocycles. The monoisotopic (exact) mass is 387 g/mol. The molecule has 0 aliphatic carbocycles. The van der Waals surface area contributed by atoms with E-state index in [1.165, 1.54) is 11.6 Å². The topological polar surface area (TPSA) is 45.2 Å². The molecule has 2 heterocycles. The lowest BCUT2D eigenvalue weighted by atomic mass is 9.97. The molecule has 2 aromatic carbocycles. The maximum atomic E-state index is 13.3. The number of hydrogen-bond acceptors (Lipinski definition) is 4. The lowest BCUT2D eigenvalue weighted by Gasteiger charge is -2.31. The number of hydrogen-bond donors (Lipinski definition) is 1. The van der Waals surface area contributed by atoms with E-state index in [-0.39, 0.29) is 17.5 Å². The summed E-state index contributed by atoms with van der Waals surface area (Å²) < 4.78 is 27.5.